The van der Waals surface area contributed by atoms with Gasteiger partial charge in [-0.3, -0.25) is 0 Å². The van der Waals surface area contributed by atoms with Gasteiger partial charge in [-0.05, 0) is 43.1 Å². The molecule has 1 atom stereocenters. The lowest BCUT2D eigenvalue weighted by atomic mass is 9.91. The van der Waals surface area contributed by atoms with Crippen LogP contribution in [-0.2, 0) is 6.42 Å². The van der Waals surface area contributed by atoms with Crippen molar-refractivity contribution in [3.63, 3.8) is 0 Å². The average Bonchev–Trinajstić information content (AvgIpc) is 2.81. The highest BCUT2D eigenvalue weighted by Crippen LogP contribution is 2.31. The highest BCUT2D eigenvalue weighted by Gasteiger charge is 2.17. The first-order valence-electron chi connectivity index (χ1n) is 7.21. The van der Waals surface area contributed by atoms with Crippen molar-refractivity contribution in [1.82, 2.24) is 4.98 Å². The molecule has 1 heterocycles. The second-order valence-corrected chi connectivity index (χ2v) is 6.29. The molecule has 21 heavy (non-hydrogen) atoms. The number of fused-ring (bicyclic) bond motifs is 1. The third-order valence-corrected chi connectivity index (χ3v) is 4.83. The highest BCUT2D eigenvalue weighted by molar-refractivity contribution is 9.10. The summed E-state index contributed by atoms with van der Waals surface area (Å²) in [6.45, 7) is 2.78. The molecule has 0 saturated heterocycles. The van der Waals surface area contributed by atoms with Gasteiger partial charge in [-0.1, -0.05) is 52.3 Å². The number of para-hydroxylation sites is 1. The average molecular weight is 343 g/mol. The molecule has 1 aromatic heterocycles. The van der Waals surface area contributed by atoms with Crippen molar-refractivity contribution in [2.75, 3.05) is 6.54 Å². The first-order chi connectivity index (χ1) is 10.2. The van der Waals surface area contributed by atoms with E-state index in [4.69, 9.17) is 5.73 Å². The molecular formula is C18H19BrN2. The zero-order valence-electron chi connectivity index (χ0n) is 12.1. The Hall–Kier alpha value is -1.58. The maximum absolute atomic E-state index is 6.05. The van der Waals surface area contributed by atoms with Gasteiger partial charge in [0.15, 0.2) is 0 Å². The van der Waals surface area contributed by atoms with E-state index in [1.54, 1.807) is 0 Å². The van der Waals surface area contributed by atoms with E-state index in [0.29, 0.717) is 12.5 Å². The summed E-state index contributed by atoms with van der Waals surface area (Å²) >= 11 is 3.65. The lowest BCUT2D eigenvalue weighted by Gasteiger charge is -2.17. The summed E-state index contributed by atoms with van der Waals surface area (Å²) in [6, 6.07) is 16.8. The molecule has 2 nitrogen and oxygen atoms in total. The molecule has 3 rings (SSSR count). The SMILES string of the molecule is Cc1[nH]c2ccccc2c1CC(CN)c1ccccc1Br. The molecule has 0 bridgehead atoms. The lowest BCUT2D eigenvalue weighted by molar-refractivity contribution is 0.691. The Morgan fingerprint density at radius 2 is 1.81 bits per heavy atom. The Morgan fingerprint density at radius 1 is 1.10 bits per heavy atom. The molecular weight excluding hydrogens is 324 g/mol. The van der Waals surface area contributed by atoms with Crippen LogP contribution in [0.25, 0.3) is 10.9 Å². The quantitative estimate of drug-likeness (QED) is 0.718. The van der Waals surface area contributed by atoms with E-state index in [2.05, 4.69) is 70.3 Å². The van der Waals surface area contributed by atoms with Crippen molar-refractivity contribution >= 4 is 26.8 Å². The van der Waals surface area contributed by atoms with Crippen LogP contribution in [-0.4, -0.2) is 11.5 Å². The molecule has 108 valence electrons. The van der Waals surface area contributed by atoms with Crippen LogP contribution in [0.1, 0.15) is 22.7 Å². The van der Waals surface area contributed by atoms with Gasteiger partial charge >= 0.3 is 0 Å². The van der Waals surface area contributed by atoms with Crippen LogP contribution in [0.3, 0.4) is 0 Å². The van der Waals surface area contributed by atoms with Crippen molar-refractivity contribution in [2.45, 2.75) is 19.3 Å². The Labute approximate surface area is 133 Å². The van der Waals surface area contributed by atoms with Crippen molar-refractivity contribution in [1.29, 1.82) is 0 Å². The summed E-state index contributed by atoms with van der Waals surface area (Å²) in [6.07, 6.45) is 0.953. The number of benzene rings is 2. The standard InChI is InChI=1S/C18H19BrN2/c1-12-16(15-7-3-5-9-18(15)21-12)10-13(11-20)14-6-2-4-8-17(14)19/h2-9,13,21H,10-11,20H2,1H3. The molecule has 0 saturated carbocycles. The van der Waals surface area contributed by atoms with Crippen LogP contribution in [0, 0.1) is 6.92 Å². The van der Waals surface area contributed by atoms with Gasteiger partial charge in [-0.25, -0.2) is 0 Å². The first-order valence-corrected chi connectivity index (χ1v) is 8.00. The number of rotatable bonds is 4. The molecule has 0 aliphatic heterocycles. The third-order valence-electron chi connectivity index (χ3n) is 4.11. The number of H-pyrrole nitrogens is 1. The van der Waals surface area contributed by atoms with E-state index in [0.717, 1.165) is 10.9 Å². The van der Waals surface area contributed by atoms with Crippen LogP contribution in [0.2, 0.25) is 0 Å². The van der Waals surface area contributed by atoms with Crippen molar-refractivity contribution in [2.24, 2.45) is 5.73 Å². The van der Waals surface area contributed by atoms with Crippen LogP contribution < -0.4 is 5.73 Å². The molecule has 1 unspecified atom stereocenters. The largest absolute Gasteiger partial charge is 0.358 e. The Kier molecular flexibility index (Phi) is 4.13. The van der Waals surface area contributed by atoms with E-state index < -0.39 is 0 Å². The van der Waals surface area contributed by atoms with E-state index in [9.17, 15) is 0 Å². The number of nitrogens with two attached hydrogens (primary N) is 1. The topological polar surface area (TPSA) is 41.8 Å². The second-order valence-electron chi connectivity index (χ2n) is 5.43. The van der Waals surface area contributed by atoms with Crippen molar-refractivity contribution in [3.05, 3.63) is 69.8 Å². The molecule has 0 aliphatic rings. The summed E-state index contributed by atoms with van der Waals surface area (Å²) in [5, 5.41) is 1.31. The monoisotopic (exact) mass is 342 g/mol. The van der Waals surface area contributed by atoms with E-state index in [-0.39, 0.29) is 0 Å². The molecule has 0 aliphatic carbocycles. The minimum atomic E-state index is 0.318. The smallest absolute Gasteiger partial charge is 0.0458 e. The summed E-state index contributed by atoms with van der Waals surface area (Å²) in [4.78, 5) is 3.47. The molecule has 0 spiro atoms. The van der Waals surface area contributed by atoms with Crippen LogP contribution in [0.4, 0.5) is 0 Å². The van der Waals surface area contributed by atoms with Crippen LogP contribution in [0.5, 0.6) is 0 Å². The normalized spacial score (nSPS) is 12.7. The van der Waals surface area contributed by atoms with Gasteiger partial charge in [0, 0.05) is 27.0 Å². The molecule has 2 aromatic carbocycles. The van der Waals surface area contributed by atoms with Crippen molar-refractivity contribution < 1.29 is 0 Å². The first kappa shape index (κ1) is 14.4. The number of halogens is 1. The maximum Gasteiger partial charge on any atom is 0.0458 e. The molecule has 3 aromatic rings. The fraction of sp³-hybridized carbons (Fsp3) is 0.222. The predicted octanol–water partition coefficient (Wildman–Crippen LogP) is 4.52. The number of aromatic amines is 1. The minimum Gasteiger partial charge on any atom is -0.358 e. The lowest BCUT2D eigenvalue weighted by Crippen LogP contribution is -2.15. The Balaban J connectivity index is 2.00. The van der Waals surface area contributed by atoms with Gasteiger partial charge in [-0.2, -0.15) is 0 Å². The summed E-state index contributed by atoms with van der Waals surface area (Å²) < 4.78 is 1.14. The third kappa shape index (κ3) is 2.76. The summed E-state index contributed by atoms with van der Waals surface area (Å²) in [7, 11) is 0. The number of aryl methyl sites for hydroxylation is 1. The van der Waals surface area contributed by atoms with Gasteiger partial charge < -0.3 is 10.7 Å². The Morgan fingerprint density at radius 3 is 2.57 bits per heavy atom. The number of hydrogen-bond donors (Lipinski definition) is 2. The zero-order chi connectivity index (χ0) is 14.8. The van der Waals surface area contributed by atoms with Gasteiger partial charge in [-0.15, -0.1) is 0 Å². The van der Waals surface area contributed by atoms with Gasteiger partial charge in [0.05, 0.1) is 0 Å². The zero-order valence-corrected chi connectivity index (χ0v) is 13.7. The number of aromatic nitrogens is 1. The Bertz CT molecular complexity index is 761. The number of nitrogens with one attached hydrogen (secondary N) is 1. The fourth-order valence-electron chi connectivity index (χ4n) is 2.97. The highest BCUT2D eigenvalue weighted by atomic mass is 79.9. The maximum atomic E-state index is 6.05. The molecule has 3 heteroatoms. The predicted molar refractivity (Wildman–Crippen MR) is 92.7 cm³/mol. The van der Waals surface area contributed by atoms with Gasteiger partial charge in [0.25, 0.3) is 0 Å². The minimum absolute atomic E-state index is 0.318. The fourth-order valence-corrected chi connectivity index (χ4v) is 3.58. The van der Waals surface area contributed by atoms with Gasteiger partial charge in [0.1, 0.15) is 0 Å². The number of hydrogen-bond acceptors (Lipinski definition) is 1. The summed E-state index contributed by atoms with van der Waals surface area (Å²) in [5.41, 5.74) is 11.1. The van der Waals surface area contributed by atoms with Crippen LogP contribution in [0.15, 0.2) is 53.0 Å². The van der Waals surface area contributed by atoms with Gasteiger partial charge in [0.2, 0.25) is 0 Å². The van der Waals surface area contributed by atoms with E-state index in [1.165, 1.54) is 27.7 Å². The summed E-state index contributed by atoms with van der Waals surface area (Å²) in [5.74, 6) is 0.318. The van der Waals surface area contributed by atoms with E-state index >= 15 is 0 Å². The second kappa shape index (κ2) is 6.04. The molecule has 0 radical (unpaired) electrons. The van der Waals surface area contributed by atoms with E-state index in [1.807, 2.05) is 6.07 Å². The molecule has 3 N–H and O–H groups in total. The molecule has 0 fully saturated rings. The van der Waals surface area contributed by atoms with Crippen LogP contribution >= 0.6 is 15.9 Å². The molecule has 0 amide bonds. The van der Waals surface area contributed by atoms with Crippen molar-refractivity contribution in [3.8, 4) is 0 Å².